The summed E-state index contributed by atoms with van der Waals surface area (Å²) in [5, 5.41) is 14.3. The van der Waals surface area contributed by atoms with Crippen molar-refractivity contribution in [3.8, 4) is 6.07 Å². The van der Waals surface area contributed by atoms with Gasteiger partial charge in [-0.1, -0.05) is 0 Å². The number of carbonyl (C=O) groups is 1. The van der Waals surface area contributed by atoms with Gasteiger partial charge in [0.05, 0.1) is 17.2 Å². The van der Waals surface area contributed by atoms with Gasteiger partial charge in [0.15, 0.2) is 6.54 Å². The summed E-state index contributed by atoms with van der Waals surface area (Å²) in [6.45, 7) is 0.346. The Hall–Kier alpha value is -1.90. The molecule has 1 heterocycles. The van der Waals surface area contributed by atoms with Gasteiger partial charge >= 0.3 is 0 Å². The molecule has 3 N–H and O–H groups in total. The number of amides is 1. The predicted octanol–water partition coefficient (Wildman–Crippen LogP) is -4.08. The molecule has 1 aromatic rings. The van der Waals surface area contributed by atoms with Crippen LogP contribution in [0.4, 0.5) is 0 Å². The van der Waals surface area contributed by atoms with Crippen LogP contribution in [0.2, 0.25) is 0 Å². The Bertz CT molecular complexity index is 461. The third kappa shape index (κ3) is 2.57. The Morgan fingerprint density at radius 3 is 2.56 bits per heavy atom. The maximum absolute atomic E-state index is 10.8. The van der Waals surface area contributed by atoms with Crippen LogP contribution in [0.25, 0.3) is 0 Å². The number of hydrazone groups is 1. The van der Waals surface area contributed by atoms with Gasteiger partial charge in [0.25, 0.3) is 5.91 Å². The second kappa shape index (κ2) is 5.26. The first-order chi connectivity index (χ1) is 7.29. The van der Waals surface area contributed by atoms with Gasteiger partial charge in [0.1, 0.15) is 0 Å². The molecule has 1 aromatic carbocycles. The van der Waals surface area contributed by atoms with Crippen molar-refractivity contribution in [2.24, 2.45) is 5.10 Å². The minimum atomic E-state index is -0.104. The van der Waals surface area contributed by atoms with Crippen molar-refractivity contribution in [3.05, 3.63) is 35.4 Å². The minimum Gasteiger partial charge on any atom is -1.00 e. The number of halogens is 1. The van der Waals surface area contributed by atoms with Crippen LogP contribution in [-0.4, -0.2) is 18.3 Å². The van der Waals surface area contributed by atoms with Crippen LogP contribution >= 0.6 is 0 Å². The molecule has 1 aliphatic heterocycles. The van der Waals surface area contributed by atoms with Crippen LogP contribution in [0, 0.1) is 11.3 Å². The van der Waals surface area contributed by atoms with Crippen molar-refractivity contribution in [2.75, 3.05) is 6.54 Å². The summed E-state index contributed by atoms with van der Waals surface area (Å²) in [7, 11) is 0. The summed E-state index contributed by atoms with van der Waals surface area (Å²) in [4.78, 5) is 10.8. The van der Waals surface area contributed by atoms with E-state index < -0.39 is 0 Å². The third-order valence-corrected chi connectivity index (χ3v) is 2.09. The highest BCUT2D eigenvalue weighted by molar-refractivity contribution is 5.94. The lowest BCUT2D eigenvalue weighted by Crippen LogP contribution is -3.00. The number of amidine groups is 1. The van der Waals surface area contributed by atoms with Gasteiger partial charge in [-0.05, 0) is 24.3 Å². The largest absolute Gasteiger partial charge is 1.00 e. The molecule has 0 atom stereocenters. The first kappa shape index (κ1) is 12.2. The Balaban J connectivity index is 0.00000128. The van der Waals surface area contributed by atoms with E-state index in [4.69, 9.17) is 5.26 Å². The molecule has 1 amide bonds. The molecule has 2 rings (SSSR count). The average Bonchev–Trinajstić information content (AvgIpc) is 2.30. The number of quaternary nitrogens is 1. The molecular weight excluding hydrogens is 228 g/mol. The maximum atomic E-state index is 10.8. The Kier molecular flexibility index (Phi) is 4.00. The van der Waals surface area contributed by atoms with Crippen molar-refractivity contribution in [2.45, 2.75) is 0 Å². The zero-order valence-corrected chi connectivity index (χ0v) is 9.03. The number of nitrogens with zero attached hydrogens (tertiary/aromatic N) is 2. The summed E-state index contributed by atoms with van der Waals surface area (Å²) in [6, 6.07) is 9.11. The molecule has 1 aliphatic rings. The van der Waals surface area contributed by atoms with E-state index in [1.807, 2.05) is 18.2 Å². The van der Waals surface area contributed by atoms with E-state index >= 15 is 0 Å². The topological polar surface area (TPSA) is 81.9 Å². The van der Waals surface area contributed by atoms with Gasteiger partial charge in [0, 0.05) is 0 Å². The second-order valence-corrected chi connectivity index (χ2v) is 3.13. The molecule has 0 radical (unpaired) electrons. The van der Waals surface area contributed by atoms with Gasteiger partial charge < -0.3 is 12.4 Å². The zero-order valence-electron chi connectivity index (χ0n) is 8.27. The number of nitriles is 1. The standard InChI is InChI=1S/C10H8N4O.ClH/c11-5-7-1-3-8(4-2-7)10-12-6-9(15)13-14-10;/h1-4H,6H2,(H,12,14)(H,13,15);1H. The minimum absolute atomic E-state index is 0. The molecule has 0 aliphatic carbocycles. The molecule has 5 nitrogen and oxygen atoms in total. The summed E-state index contributed by atoms with van der Waals surface area (Å²) < 4.78 is 0. The van der Waals surface area contributed by atoms with Gasteiger partial charge in [-0.15, -0.1) is 5.10 Å². The van der Waals surface area contributed by atoms with E-state index in [1.54, 1.807) is 17.4 Å². The maximum Gasteiger partial charge on any atom is 0.295 e. The van der Waals surface area contributed by atoms with Crippen molar-refractivity contribution in [3.63, 3.8) is 0 Å². The lowest BCUT2D eigenvalue weighted by Gasteiger charge is -2.09. The number of nitrogens with two attached hydrogens (primary N) is 1. The van der Waals surface area contributed by atoms with Crippen molar-refractivity contribution in [1.82, 2.24) is 5.43 Å². The monoisotopic (exact) mass is 236 g/mol. The fourth-order valence-corrected chi connectivity index (χ4v) is 1.30. The number of hydrogen-bond acceptors (Lipinski definition) is 3. The lowest BCUT2D eigenvalue weighted by molar-refractivity contribution is -0.529. The first-order valence-electron chi connectivity index (χ1n) is 4.50. The van der Waals surface area contributed by atoms with Gasteiger partial charge in [-0.2, -0.15) is 5.26 Å². The number of carbonyl (C=O) groups excluding carboxylic acids is 1. The van der Waals surface area contributed by atoms with Crippen molar-refractivity contribution >= 4 is 11.7 Å². The highest BCUT2D eigenvalue weighted by Crippen LogP contribution is 2.02. The molecule has 0 bridgehead atoms. The van der Waals surface area contributed by atoms with Gasteiger partial charge in [-0.25, -0.2) is 5.43 Å². The average molecular weight is 237 g/mol. The first-order valence-corrected chi connectivity index (χ1v) is 4.50. The van der Waals surface area contributed by atoms with Gasteiger partial charge in [-0.3, -0.25) is 10.1 Å². The summed E-state index contributed by atoms with van der Waals surface area (Å²) in [5.41, 5.74) is 3.92. The van der Waals surface area contributed by atoms with E-state index in [0.717, 1.165) is 11.4 Å². The van der Waals surface area contributed by atoms with Crippen LogP contribution in [0.15, 0.2) is 29.4 Å². The summed E-state index contributed by atoms with van der Waals surface area (Å²) in [5.74, 6) is 0.631. The highest BCUT2D eigenvalue weighted by atomic mass is 35.5. The van der Waals surface area contributed by atoms with E-state index in [-0.39, 0.29) is 18.3 Å². The van der Waals surface area contributed by atoms with Crippen molar-refractivity contribution in [1.29, 1.82) is 5.26 Å². The molecule has 16 heavy (non-hydrogen) atoms. The lowest BCUT2D eigenvalue weighted by atomic mass is 10.1. The molecule has 0 fully saturated rings. The second-order valence-electron chi connectivity index (χ2n) is 3.13. The molecular formula is C10H9ClN4O. The normalized spacial score (nSPS) is 14.2. The third-order valence-electron chi connectivity index (χ3n) is 2.09. The summed E-state index contributed by atoms with van der Waals surface area (Å²) >= 11 is 0. The fraction of sp³-hybridized carbons (Fsp3) is 0.100. The van der Waals surface area contributed by atoms with E-state index in [9.17, 15) is 4.79 Å². The Labute approximate surface area is 98.6 Å². The van der Waals surface area contributed by atoms with Gasteiger partial charge in [0.2, 0.25) is 5.84 Å². The number of rotatable bonds is 1. The number of hydrogen-bond donors (Lipinski definition) is 2. The SMILES string of the molecule is N#Cc1ccc(C2=NNC(=O)C[NH2+]2)cc1.[Cl-]. The molecule has 0 spiro atoms. The van der Waals surface area contributed by atoms with Crippen LogP contribution in [0.3, 0.4) is 0 Å². The van der Waals surface area contributed by atoms with Crippen LogP contribution < -0.4 is 23.1 Å². The zero-order chi connectivity index (χ0) is 10.7. The van der Waals surface area contributed by atoms with E-state index in [2.05, 4.69) is 10.5 Å². The van der Waals surface area contributed by atoms with Crippen LogP contribution in [-0.2, 0) is 4.79 Å². The molecule has 6 heteroatoms. The number of nitrogens with one attached hydrogen (secondary N) is 1. The van der Waals surface area contributed by atoms with Crippen molar-refractivity contribution < 1.29 is 22.5 Å². The summed E-state index contributed by atoms with van der Waals surface area (Å²) in [6.07, 6.45) is 0. The van der Waals surface area contributed by atoms with Crippen LogP contribution in [0.5, 0.6) is 0 Å². The smallest absolute Gasteiger partial charge is 0.295 e. The highest BCUT2D eigenvalue weighted by Gasteiger charge is 2.16. The number of benzene rings is 1. The van der Waals surface area contributed by atoms with E-state index in [0.29, 0.717) is 12.1 Å². The Morgan fingerprint density at radius 2 is 2.06 bits per heavy atom. The molecule has 0 aromatic heterocycles. The Morgan fingerprint density at radius 1 is 1.38 bits per heavy atom. The molecule has 0 saturated heterocycles. The molecule has 0 unspecified atom stereocenters. The van der Waals surface area contributed by atoms with E-state index in [1.165, 1.54) is 0 Å². The molecule has 0 saturated carbocycles. The molecule has 82 valence electrons. The predicted molar refractivity (Wildman–Crippen MR) is 52.6 cm³/mol. The quantitative estimate of drug-likeness (QED) is 0.520. The fourth-order valence-electron chi connectivity index (χ4n) is 1.30. The van der Waals surface area contributed by atoms with Crippen LogP contribution in [0.1, 0.15) is 11.1 Å².